The molecule has 0 spiro atoms. The predicted molar refractivity (Wildman–Crippen MR) is 76.6 cm³/mol. The zero-order chi connectivity index (χ0) is 10.8. The summed E-state index contributed by atoms with van der Waals surface area (Å²) in [6, 6.07) is 6.55. The Balaban J connectivity index is 2.15. The molecule has 1 aromatic rings. The molecule has 15 heavy (non-hydrogen) atoms. The molecule has 0 unspecified atom stereocenters. The van der Waals surface area contributed by atoms with E-state index < -0.39 is 0 Å². The van der Waals surface area contributed by atoms with Gasteiger partial charge >= 0.3 is 0 Å². The summed E-state index contributed by atoms with van der Waals surface area (Å²) < 4.78 is 2.48. The van der Waals surface area contributed by atoms with E-state index in [0.717, 1.165) is 26.2 Å². The van der Waals surface area contributed by atoms with Crippen LogP contribution in [0.1, 0.15) is 0 Å². The minimum Gasteiger partial charge on any atom is -0.368 e. The number of hydrogen-bond donors (Lipinski definition) is 0. The van der Waals surface area contributed by atoms with E-state index in [-0.39, 0.29) is 0 Å². The zero-order valence-corrected chi connectivity index (χ0v) is 12.5. The molecular formula is C11H14BrIN2. The van der Waals surface area contributed by atoms with Crippen LogP contribution in [0, 0.1) is 3.57 Å². The van der Waals surface area contributed by atoms with Gasteiger partial charge < -0.3 is 9.80 Å². The minimum absolute atomic E-state index is 1.12. The second-order valence-corrected chi connectivity index (χ2v) is 5.99. The van der Waals surface area contributed by atoms with Gasteiger partial charge in [-0.1, -0.05) is 0 Å². The van der Waals surface area contributed by atoms with Gasteiger partial charge in [0, 0.05) is 34.2 Å². The van der Waals surface area contributed by atoms with Crippen molar-refractivity contribution in [1.29, 1.82) is 0 Å². The van der Waals surface area contributed by atoms with Crippen LogP contribution >= 0.6 is 38.5 Å². The maximum Gasteiger partial charge on any atom is 0.0512 e. The molecule has 0 saturated carbocycles. The SMILES string of the molecule is CN1CCN(c2ccc(I)cc2Br)CC1. The Morgan fingerprint density at radius 1 is 1.20 bits per heavy atom. The van der Waals surface area contributed by atoms with Crippen molar-refractivity contribution in [3.8, 4) is 0 Å². The lowest BCUT2D eigenvalue weighted by Crippen LogP contribution is -2.44. The Morgan fingerprint density at radius 2 is 1.87 bits per heavy atom. The van der Waals surface area contributed by atoms with E-state index in [4.69, 9.17) is 0 Å². The van der Waals surface area contributed by atoms with Crippen molar-refractivity contribution in [2.45, 2.75) is 0 Å². The molecule has 1 aromatic carbocycles. The molecule has 82 valence electrons. The van der Waals surface area contributed by atoms with E-state index in [1.807, 2.05) is 0 Å². The van der Waals surface area contributed by atoms with Crippen LogP contribution in [0.15, 0.2) is 22.7 Å². The van der Waals surface area contributed by atoms with Crippen LogP contribution in [0.25, 0.3) is 0 Å². The molecule has 1 saturated heterocycles. The maximum atomic E-state index is 3.64. The smallest absolute Gasteiger partial charge is 0.0512 e. The summed E-state index contributed by atoms with van der Waals surface area (Å²) in [7, 11) is 2.18. The Morgan fingerprint density at radius 3 is 2.47 bits per heavy atom. The first kappa shape index (κ1) is 11.7. The zero-order valence-electron chi connectivity index (χ0n) is 8.71. The molecule has 2 nitrogen and oxygen atoms in total. The number of benzene rings is 1. The number of rotatable bonds is 1. The third-order valence-corrected chi connectivity index (χ3v) is 4.06. The highest BCUT2D eigenvalue weighted by Crippen LogP contribution is 2.28. The van der Waals surface area contributed by atoms with Crippen LogP contribution in [-0.2, 0) is 0 Å². The summed E-state index contributed by atoms with van der Waals surface area (Å²) >= 11 is 5.98. The largest absolute Gasteiger partial charge is 0.368 e. The molecule has 0 radical (unpaired) electrons. The molecular weight excluding hydrogens is 367 g/mol. The molecule has 0 aromatic heterocycles. The first-order chi connectivity index (χ1) is 7.16. The highest BCUT2D eigenvalue weighted by molar-refractivity contribution is 14.1. The van der Waals surface area contributed by atoms with E-state index in [2.05, 4.69) is 73.6 Å². The molecule has 1 aliphatic rings. The average Bonchev–Trinajstić information content (AvgIpc) is 2.20. The number of piperazine rings is 1. The summed E-state index contributed by atoms with van der Waals surface area (Å²) in [5, 5.41) is 0. The molecule has 0 aliphatic carbocycles. The van der Waals surface area contributed by atoms with Gasteiger partial charge in [-0.15, -0.1) is 0 Å². The molecule has 2 rings (SSSR count). The third kappa shape index (κ3) is 2.85. The second kappa shape index (κ2) is 5.01. The van der Waals surface area contributed by atoms with E-state index in [1.165, 1.54) is 13.7 Å². The van der Waals surface area contributed by atoms with Crippen LogP contribution in [0.5, 0.6) is 0 Å². The van der Waals surface area contributed by atoms with E-state index in [9.17, 15) is 0 Å². The first-order valence-electron chi connectivity index (χ1n) is 5.05. The van der Waals surface area contributed by atoms with Crippen molar-refractivity contribution in [2.75, 3.05) is 38.1 Å². The van der Waals surface area contributed by atoms with Crippen LogP contribution in [0.2, 0.25) is 0 Å². The van der Waals surface area contributed by atoms with E-state index >= 15 is 0 Å². The number of hydrogen-bond acceptors (Lipinski definition) is 2. The predicted octanol–water partition coefficient (Wildman–Crippen LogP) is 2.81. The molecule has 1 heterocycles. The lowest BCUT2D eigenvalue weighted by molar-refractivity contribution is 0.312. The topological polar surface area (TPSA) is 6.48 Å². The quantitative estimate of drug-likeness (QED) is 0.691. The van der Waals surface area contributed by atoms with Crippen LogP contribution < -0.4 is 4.90 Å². The lowest BCUT2D eigenvalue weighted by Gasteiger charge is -2.34. The Hall–Kier alpha value is 0.190. The maximum absolute atomic E-state index is 3.64. The van der Waals surface area contributed by atoms with Gasteiger partial charge in [-0.2, -0.15) is 0 Å². The average molecular weight is 381 g/mol. The molecule has 0 atom stereocenters. The molecule has 0 N–H and O–H groups in total. The number of halogens is 2. The number of anilines is 1. The number of nitrogens with zero attached hydrogens (tertiary/aromatic N) is 2. The summed E-state index contributed by atoms with van der Waals surface area (Å²) in [4.78, 5) is 4.82. The monoisotopic (exact) mass is 380 g/mol. The molecule has 4 heteroatoms. The van der Waals surface area contributed by atoms with Crippen molar-refractivity contribution >= 4 is 44.2 Å². The molecule has 1 aliphatic heterocycles. The van der Waals surface area contributed by atoms with Gasteiger partial charge in [0.25, 0.3) is 0 Å². The standard InChI is InChI=1S/C11H14BrIN2/c1-14-4-6-15(7-5-14)11-3-2-9(13)8-10(11)12/h2-3,8H,4-7H2,1H3. The summed E-state index contributed by atoms with van der Waals surface area (Å²) in [5.74, 6) is 0. The molecule has 0 amide bonds. The van der Waals surface area contributed by atoms with Crippen molar-refractivity contribution in [3.63, 3.8) is 0 Å². The summed E-state index contributed by atoms with van der Waals surface area (Å²) in [5.41, 5.74) is 1.32. The molecule has 1 fully saturated rings. The fourth-order valence-electron chi connectivity index (χ4n) is 1.79. The molecule has 0 bridgehead atoms. The van der Waals surface area contributed by atoms with E-state index in [1.54, 1.807) is 0 Å². The van der Waals surface area contributed by atoms with Gasteiger partial charge in [0.05, 0.1) is 5.69 Å². The minimum atomic E-state index is 1.12. The highest BCUT2D eigenvalue weighted by atomic mass is 127. The van der Waals surface area contributed by atoms with Gasteiger partial charge in [0.1, 0.15) is 0 Å². The Labute approximate surface area is 113 Å². The lowest BCUT2D eigenvalue weighted by atomic mass is 10.2. The van der Waals surface area contributed by atoms with Gasteiger partial charge in [-0.3, -0.25) is 0 Å². The van der Waals surface area contributed by atoms with Crippen LogP contribution in [0.3, 0.4) is 0 Å². The fourth-order valence-corrected chi connectivity index (χ4v) is 3.33. The second-order valence-electron chi connectivity index (χ2n) is 3.89. The van der Waals surface area contributed by atoms with Crippen LogP contribution in [-0.4, -0.2) is 38.1 Å². The number of likely N-dealkylation sites (N-methyl/N-ethyl adjacent to an activating group) is 1. The third-order valence-electron chi connectivity index (χ3n) is 2.75. The van der Waals surface area contributed by atoms with Gasteiger partial charge in [0.2, 0.25) is 0 Å². The summed E-state index contributed by atoms with van der Waals surface area (Å²) in [6.45, 7) is 4.54. The van der Waals surface area contributed by atoms with Gasteiger partial charge in [0.15, 0.2) is 0 Å². The summed E-state index contributed by atoms with van der Waals surface area (Å²) in [6.07, 6.45) is 0. The van der Waals surface area contributed by atoms with Crippen LogP contribution in [0.4, 0.5) is 5.69 Å². The Bertz CT molecular complexity index is 348. The fraction of sp³-hybridized carbons (Fsp3) is 0.455. The van der Waals surface area contributed by atoms with Crippen molar-refractivity contribution in [1.82, 2.24) is 4.90 Å². The van der Waals surface area contributed by atoms with Gasteiger partial charge in [-0.25, -0.2) is 0 Å². The normalized spacial score (nSPS) is 18.2. The first-order valence-corrected chi connectivity index (χ1v) is 6.92. The van der Waals surface area contributed by atoms with Crippen molar-refractivity contribution < 1.29 is 0 Å². The van der Waals surface area contributed by atoms with E-state index in [0.29, 0.717) is 0 Å². The van der Waals surface area contributed by atoms with Crippen molar-refractivity contribution in [2.24, 2.45) is 0 Å². The van der Waals surface area contributed by atoms with Gasteiger partial charge in [-0.05, 0) is 63.8 Å². The highest BCUT2D eigenvalue weighted by Gasteiger charge is 2.15. The van der Waals surface area contributed by atoms with Crippen molar-refractivity contribution in [3.05, 3.63) is 26.2 Å². The Kier molecular flexibility index (Phi) is 3.90.